The highest BCUT2D eigenvalue weighted by atomic mass is 32.2. The molecular formula is C8H16N2O5S. The van der Waals surface area contributed by atoms with Crippen LogP contribution in [-0.2, 0) is 4.74 Å². The van der Waals surface area contributed by atoms with Crippen LogP contribution in [0.25, 0.3) is 0 Å². The van der Waals surface area contributed by atoms with Crippen molar-refractivity contribution in [2.45, 2.75) is 29.9 Å². The first-order valence-electron chi connectivity index (χ1n) is 4.72. The summed E-state index contributed by atoms with van der Waals surface area (Å²) < 4.78 is 5.18. The van der Waals surface area contributed by atoms with Crippen molar-refractivity contribution in [2.24, 2.45) is 5.73 Å². The lowest BCUT2D eigenvalue weighted by atomic mass is 10.0. The summed E-state index contributed by atoms with van der Waals surface area (Å²) >= 11 is 1.03. The average molecular weight is 252 g/mol. The summed E-state index contributed by atoms with van der Waals surface area (Å²) in [7, 11) is 0. The van der Waals surface area contributed by atoms with Crippen LogP contribution in [0.3, 0.4) is 0 Å². The standard InChI is InChI=1S/C8H16N2O5S/c9-4(10)2-16-8-7(14)6(13)5(12)3(1-11)15-8/h3,5-8,11-14H,1-2H2,(H3,9,10)/t3?,5-,6?,7-,8-/m1/s1. The topological polar surface area (TPSA) is 140 Å². The van der Waals surface area contributed by atoms with E-state index in [1.165, 1.54) is 0 Å². The minimum absolute atomic E-state index is 0.0815. The molecule has 1 saturated heterocycles. The van der Waals surface area contributed by atoms with E-state index < -0.39 is 36.5 Å². The third-order valence-corrected chi connectivity index (χ3v) is 3.45. The van der Waals surface area contributed by atoms with Gasteiger partial charge in [0.05, 0.1) is 12.4 Å². The number of ether oxygens (including phenoxy) is 1. The molecule has 8 heteroatoms. The number of nitrogens with two attached hydrogens (primary N) is 1. The highest BCUT2D eigenvalue weighted by molar-refractivity contribution is 8.00. The Morgan fingerprint density at radius 3 is 2.38 bits per heavy atom. The summed E-state index contributed by atoms with van der Waals surface area (Å²) in [5, 5.41) is 44.4. The second kappa shape index (κ2) is 5.80. The van der Waals surface area contributed by atoms with Crippen LogP contribution in [-0.4, -0.2) is 68.5 Å². The van der Waals surface area contributed by atoms with Gasteiger partial charge < -0.3 is 30.9 Å². The Morgan fingerprint density at radius 2 is 1.88 bits per heavy atom. The fourth-order valence-electron chi connectivity index (χ4n) is 1.38. The van der Waals surface area contributed by atoms with Gasteiger partial charge in [0.2, 0.25) is 0 Å². The third-order valence-electron chi connectivity index (χ3n) is 2.25. The third kappa shape index (κ3) is 3.06. The predicted octanol–water partition coefficient (Wildman–Crippen LogP) is -2.54. The zero-order valence-corrected chi connectivity index (χ0v) is 9.30. The van der Waals surface area contributed by atoms with Gasteiger partial charge in [-0.05, 0) is 0 Å². The van der Waals surface area contributed by atoms with Gasteiger partial charge in [0, 0.05) is 0 Å². The van der Waals surface area contributed by atoms with Crippen LogP contribution in [0.2, 0.25) is 0 Å². The van der Waals surface area contributed by atoms with E-state index >= 15 is 0 Å². The molecule has 2 unspecified atom stereocenters. The summed E-state index contributed by atoms with van der Waals surface area (Å²) in [6.45, 7) is -0.456. The lowest BCUT2D eigenvalue weighted by Gasteiger charge is -2.39. The van der Waals surface area contributed by atoms with Crippen molar-refractivity contribution in [3.63, 3.8) is 0 Å². The van der Waals surface area contributed by atoms with Crippen LogP contribution < -0.4 is 5.73 Å². The van der Waals surface area contributed by atoms with Crippen LogP contribution >= 0.6 is 11.8 Å². The molecule has 5 atom stereocenters. The van der Waals surface area contributed by atoms with Gasteiger partial charge in [-0.3, -0.25) is 5.41 Å². The molecule has 1 aliphatic heterocycles. The lowest BCUT2D eigenvalue weighted by Crippen LogP contribution is -2.57. The van der Waals surface area contributed by atoms with Crippen LogP contribution in [0.5, 0.6) is 0 Å². The first-order valence-corrected chi connectivity index (χ1v) is 5.77. The minimum Gasteiger partial charge on any atom is -0.394 e. The molecule has 0 aliphatic carbocycles. The van der Waals surface area contributed by atoms with Gasteiger partial charge in [0.15, 0.2) is 0 Å². The summed E-state index contributed by atoms with van der Waals surface area (Å²) in [4.78, 5) is 0. The highest BCUT2D eigenvalue weighted by Crippen LogP contribution is 2.28. The van der Waals surface area contributed by atoms with E-state index in [1.807, 2.05) is 0 Å². The molecule has 0 radical (unpaired) electrons. The maximum Gasteiger partial charge on any atom is 0.132 e. The van der Waals surface area contributed by atoms with Crippen molar-refractivity contribution >= 4 is 17.6 Å². The Bertz CT molecular complexity index is 253. The molecule has 1 rings (SSSR count). The van der Waals surface area contributed by atoms with E-state index in [0.29, 0.717) is 0 Å². The molecule has 94 valence electrons. The number of rotatable bonds is 4. The molecule has 1 heterocycles. The highest BCUT2D eigenvalue weighted by Gasteiger charge is 2.43. The van der Waals surface area contributed by atoms with Gasteiger partial charge in [-0.2, -0.15) is 0 Å². The molecule has 0 amide bonds. The van der Waals surface area contributed by atoms with Crippen molar-refractivity contribution in [3.8, 4) is 0 Å². The van der Waals surface area contributed by atoms with Gasteiger partial charge >= 0.3 is 0 Å². The molecule has 7 N–H and O–H groups in total. The Morgan fingerprint density at radius 1 is 1.25 bits per heavy atom. The largest absolute Gasteiger partial charge is 0.394 e. The molecule has 0 aromatic rings. The number of nitrogens with one attached hydrogen (secondary N) is 1. The van der Waals surface area contributed by atoms with Crippen molar-refractivity contribution in [2.75, 3.05) is 12.4 Å². The SMILES string of the molecule is N=C(N)CS[C@H]1OC(CO)[C@@H](O)C(O)[C@H]1O. The van der Waals surface area contributed by atoms with Gasteiger partial charge in [0.1, 0.15) is 35.7 Å². The second-order valence-electron chi connectivity index (χ2n) is 3.53. The van der Waals surface area contributed by atoms with E-state index in [9.17, 15) is 15.3 Å². The van der Waals surface area contributed by atoms with E-state index in [4.69, 9.17) is 21.0 Å². The Hall–Kier alpha value is -0.380. The molecule has 1 fully saturated rings. The molecule has 7 nitrogen and oxygen atoms in total. The maximum atomic E-state index is 9.59. The van der Waals surface area contributed by atoms with E-state index in [1.54, 1.807) is 0 Å². The Labute approximate surface area is 96.7 Å². The molecule has 0 spiro atoms. The number of hydrogen-bond donors (Lipinski definition) is 6. The number of aliphatic hydroxyl groups excluding tert-OH is 4. The number of aliphatic hydroxyl groups is 4. The Balaban J connectivity index is 2.60. The van der Waals surface area contributed by atoms with Gasteiger partial charge in [0.25, 0.3) is 0 Å². The maximum absolute atomic E-state index is 9.59. The second-order valence-corrected chi connectivity index (χ2v) is 4.62. The fraction of sp³-hybridized carbons (Fsp3) is 0.875. The van der Waals surface area contributed by atoms with E-state index in [0.717, 1.165) is 11.8 Å². The van der Waals surface area contributed by atoms with Gasteiger partial charge in [-0.15, -0.1) is 11.8 Å². The first-order chi connectivity index (χ1) is 7.47. The van der Waals surface area contributed by atoms with Crippen molar-refractivity contribution in [1.29, 1.82) is 5.41 Å². The van der Waals surface area contributed by atoms with Crippen LogP contribution in [0.15, 0.2) is 0 Å². The number of amidine groups is 1. The van der Waals surface area contributed by atoms with Crippen LogP contribution in [0.1, 0.15) is 0 Å². The predicted molar refractivity (Wildman–Crippen MR) is 58.1 cm³/mol. The molecule has 16 heavy (non-hydrogen) atoms. The van der Waals surface area contributed by atoms with E-state index in [2.05, 4.69) is 0 Å². The minimum atomic E-state index is -1.38. The zero-order chi connectivity index (χ0) is 12.3. The monoisotopic (exact) mass is 252 g/mol. The first kappa shape index (κ1) is 13.7. The van der Waals surface area contributed by atoms with Crippen molar-refractivity contribution < 1.29 is 25.2 Å². The van der Waals surface area contributed by atoms with Gasteiger partial charge in [-0.1, -0.05) is 0 Å². The summed E-state index contributed by atoms with van der Waals surface area (Å²) in [6, 6.07) is 0. The fourth-order valence-corrected chi connectivity index (χ4v) is 2.30. The van der Waals surface area contributed by atoms with Gasteiger partial charge in [-0.25, -0.2) is 0 Å². The quantitative estimate of drug-likeness (QED) is 0.239. The lowest BCUT2D eigenvalue weighted by molar-refractivity contribution is -0.205. The molecule has 0 aromatic heterocycles. The number of hydrogen-bond acceptors (Lipinski definition) is 7. The molecular weight excluding hydrogens is 236 g/mol. The summed E-state index contributed by atoms with van der Waals surface area (Å²) in [5.74, 6) is 0.0600. The van der Waals surface area contributed by atoms with E-state index in [-0.39, 0.29) is 11.6 Å². The molecule has 0 saturated carbocycles. The van der Waals surface area contributed by atoms with Crippen LogP contribution in [0.4, 0.5) is 0 Å². The van der Waals surface area contributed by atoms with Crippen molar-refractivity contribution in [1.82, 2.24) is 0 Å². The normalized spacial score (nSPS) is 39.6. The Kier molecular flexibility index (Phi) is 4.96. The summed E-state index contributed by atoms with van der Waals surface area (Å²) in [5.41, 5.74) is 4.33. The smallest absolute Gasteiger partial charge is 0.132 e. The number of thioether (sulfide) groups is 1. The zero-order valence-electron chi connectivity index (χ0n) is 8.48. The summed E-state index contributed by atoms with van der Waals surface area (Å²) in [6.07, 6.45) is -4.92. The van der Waals surface area contributed by atoms with Crippen molar-refractivity contribution in [3.05, 3.63) is 0 Å². The molecule has 1 aliphatic rings. The molecule has 0 bridgehead atoms. The average Bonchev–Trinajstić information content (AvgIpc) is 2.25. The van der Waals surface area contributed by atoms with Crippen LogP contribution in [0, 0.1) is 5.41 Å². The molecule has 0 aromatic carbocycles.